The first-order valence-electron chi connectivity index (χ1n) is 8.01. The van der Waals surface area contributed by atoms with Crippen molar-refractivity contribution in [1.82, 2.24) is 4.98 Å². The van der Waals surface area contributed by atoms with E-state index in [-0.39, 0.29) is 17.1 Å². The van der Waals surface area contributed by atoms with Crippen molar-refractivity contribution >= 4 is 22.7 Å². The number of hydrogen-bond donors (Lipinski definition) is 2. The molecule has 0 fully saturated rings. The van der Waals surface area contributed by atoms with E-state index in [0.29, 0.717) is 16.8 Å². The average molecular weight is 388 g/mol. The summed E-state index contributed by atoms with van der Waals surface area (Å²) in [7, 11) is 0. The molecule has 6 nitrogen and oxygen atoms in total. The molecule has 0 unspecified atom stereocenters. The number of rotatable bonds is 3. The molecule has 4 aromatic rings. The monoisotopic (exact) mass is 388 g/mol. The molecule has 142 valence electrons. The quantitative estimate of drug-likeness (QED) is 0.535. The molecule has 2 aromatic heterocycles. The molecule has 0 aliphatic rings. The molecule has 0 bridgehead atoms. The molecule has 9 heteroatoms. The summed E-state index contributed by atoms with van der Waals surface area (Å²) in [5.41, 5.74) is 0.521. The first-order chi connectivity index (χ1) is 13.3. The van der Waals surface area contributed by atoms with Crippen LogP contribution in [0.5, 0.6) is 0 Å². The molecule has 0 radical (unpaired) electrons. The Morgan fingerprint density at radius 1 is 1.00 bits per heavy atom. The Balaban J connectivity index is 1.56. The number of fused-ring (bicyclic) bond motifs is 1. The second-order valence-corrected chi connectivity index (χ2v) is 5.92. The highest BCUT2D eigenvalue weighted by atomic mass is 19.4. The molecule has 2 aromatic carbocycles. The van der Waals surface area contributed by atoms with Crippen LogP contribution < -0.4 is 11.1 Å². The zero-order valence-corrected chi connectivity index (χ0v) is 14.0. The molecule has 0 saturated carbocycles. The van der Waals surface area contributed by atoms with Crippen LogP contribution in [0.2, 0.25) is 0 Å². The second kappa shape index (κ2) is 6.45. The van der Waals surface area contributed by atoms with E-state index in [1.807, 2.05) is 0 Å². The SMILES string of the molecule is O=C(Nc1ccc2oc(=O)[nH]c2c1)c1ccc(-c2cccc(C(F)(F)F)c2)o1. The van der Waals surface area contributed by atoms with Crippen LogP contribution in [0.25, 0.3) is 22.4 Å². The molecule has 0 aliphatic carbocycles. The molecule has 0 aliphatic heterocycles. The molecule has 0 saturated heterocycles. The van der Waals surface area contributed by atoms with Gasteiger partial charge < -0.3 is 14.2 Å². The van der Waals surface area contributed by atoms with Crippen LogP contribution in [0.1, 0.15) is 16.1 Å². The number of aromatic nitrogens is 1. The van der Waals surface area contributed by atoms with Crippen molar-refractivity contribution in [2.24, 2.45) is 0 Å². The van der Waals surface area contributed by atoms with Crippen LogP contribution >= 0.6 is 0 Å². The fourth-order valence-electron chi connectivity index (χ4n) is 2.69. The summed E-state index contributed by atoms with van der Waals surface area (Å²) in [4.78, 5) is 26.0. The number of benzene rings is 2. The van der Waals surface area contributed by atoms with E-state index >= 15 is 0 Å². The zero-order valence-electron chi connectivity index (χ0n) is 14.0. The summed E-state index contributed by atoms with van der Waals surface area (Å²) in [6.45, 7) is 0. The lowest BCUT2D eigenvalue weighted by atomic mass is 10.1. The lowest BCUT2D eigenvalue weighted by Gasteiger charge is -2.07. The molecule has 0 atom stereocenters. The highest BCUT2D eigenvalue weighted by Gasteiger charge is 2.30. The first kappa shape index (κ1) is 17.7. The van der Waals surface area contributed by atoms with Crippen molar-refractivity contribution in [2.45, 2.75) is 6.18 Å². The van der Waals surface area contributed by atoms with Crippen molar-refractivity contribution in [3.8, 4) is 11.3 Å². The van der Waals surface area contributed by atoms with E-state index < -0.39 is 23.4 Å². The highest BCUT2D eigenvalue weighted by molar-refractivity contribution is 6.03. The van der Waals surface area contributed by atoms with Crippen LogP contribution in [-0.4, -0.2) is 10.9 Å². The number of halogens is 3. The summed E-state index contributed by atoms with van der Waals surface area (Å²) >= 11 is 0. The third kappa shape index (κ3) is 3.41. The molecular weight excluding hydrogens is 377 g/mol. The van der Waals surface area contributed by atoms with Gasteiger partial charge in [-0.1, -0.05) is 12.1 Å². The molecule has 28 heavy (non-hydrogen) atoms. The Kier molecular flexibility index (Phi) is 4.07. The van der Waals surface area contributed by atoms with E-state index in [1.165, 1.54) is 42.5 Å². The van der Waals surface area contributed by atoms with E-state index in [4.69, 9.17) is 8.83 Å². The maximum absolute atomic E-state index is 12.8. The second-order valence-electron chi connectivity index (χ2n) is 5.92. The van der Waals surface area contributed by atoms with Gasteiger partial charge in [-0.3, -0.25) is 9.78 Å². The van der Waals surface area contributed by atoms with E-state index in [9.17, 15) is 22.8 Å². The molecule has 0 spiro atoms. The Morgan fingerprint density at radius 3 is 2.61 bits per heavy atom. The minimum absolute atomic E-state index is 0.0757. The highest BCUT2D eigenvalue weighted by Crippen LogP contribution is 2.32. The molecule has 2 heterocycles. The van der Waals surface area contributed by atoms with Gasteiger partial charge in [0.25, 0.3) is 5.91 Å². The minimum Gasteiger partial charge on any atom is -0.451 e. The Hall–Kier alpha value is -3.75. The number of hydrogen-bond acceptors (Lipinski definition) is 4. The van der Waals surface area contributed by atoms with Crippen molar-refractivity contribution in [2.75, 3.05) is 5.32 Å². The normalized spacial score (nSPS) is 11.7. The Morgan fingerprint density at radius 2 is 1.82 bits per heavy atom. The van der Waals surface area contributed by atoms with Gasteiger partial charge in [-0.25, -0.2) is 4.79 Å². The number of amides is 1. The third-order valence-corrected chi connectivity index (χ3v) is 3.98. The van der Waals surface area contributed by atoms with E-state index in [1.54, 1.807) is 0 Å². The van der Waals surface area contributed by atoms with Gasteiger partial charge in [0, 0.05) is 11.3 Å². The van der Waals surface area contributed by atoms with Crippen LogP contribution in [0.3, 0.4) is 0 Å². The molecule has 1 amide bonds. The van der Waals surface area contributed by atoms with Crippen LogP contribution in [-0.2, 0) is 6.18 Å². The van der Waals surface area contributed by atoms with Crippen molar-refractivity contribution in [1.29, 1.82) is 0 Å². The minimum atomic E-state index is -4.48. The number of furan rings is 1. The number of oxazole rings is 1. The fraction of sp³-hybridized carbons (Fsp3) is 0.0526. The Bertz CT molecular complexity index is 1230. The van der Waals surface area contributed by atoms with Crippen LogP contribution in [0.15, 0.2) is 68.2 Å². The first-order valence-corrected chi connectivity index (χ1v) is 8.01. The number of carbonyl (C=O) groups is 1. The Labute approximate surface area is 154 Å². The summed E-state index contributed by atoms with van der Waals surface area (Å²) in [5.74, 6) is -1.15. The zero-order chi connectivity index (χ0) is 19.9. The number of H-pyrrole nitrogens is 1. The maximum Gasteiger partial charge on any atom is 0.417 e. The molecule has 2 N–H and O–H groups in total. The van der Waals surface area contributed by atoms with Crippen LogP contribution in [0.4, 0.5) is 18.9 Å². The van der Waals surface area contributed by atoms with Gasteiger partial charge in [0.2, 0.25) is 0 Å². The number of anilines is 1. The number of alkyl halides is 3. The van der Waals surface area contributed by atoms with E-state index in [2.05, 4.69) is 10.3 Å². The lowest BCUT2D eigenvalue weighted by molar-refractivity contribution is -0.137. The fourth-order valence-corrected chi connectivity index (χ4v) is 2.69. The average Bonchev–Trinajstić information content (AvgIpc) is 3.27. The van der Waals surface area contributed by atoms with Gasteiger partial charge in [0.15, 0.2) is 11.3 Å². The topological polar surface area (TPSA) is 88.2 Å². The number of carbonyl (C=O) groups excluding carboxylic acids is 1. The van der Waals surface area contributed by atoms with Gasteiger partial charge in [0.05, 0.1) is 11.1 Å². The lowest BCUT2D eigenvalue weighted by Crippen LogP contribution is -2.10. The van der Waals surface area contributed by atoms with Gasteiger partial charge in [-0.15, -0.1) is 0 Å². The van der Waals surface area contributed by atoms with Gasteiger partial charge in [-0.05, 0) is 42.5 Å². The predicted molar refractivity (Wildman–Crippen MR) is 93.9 cm³/mol. The van der Waals surface area contributed by atoms with Gasteiger partial charge in [-0.2, -0.15) is 13.2 Å². The van der Waals surface area contributed by atoms with Crippen LogP contribution in [0, 0.1) is 0 Å². The summed E-state index contributed by atoms with van der Waals surface area (Å²) < 4.78 is 48.8. The van der Waals surface area contributed by atoms with Crippen molar-refractivity contribution in [3.63, 3.8) is 0 Å². The summed E-state index contributed by atoms with van der Waals surface area (Å²) in [6, 6.07) is 12.0. The van der Waals surface area contributed by atoms with E-state index in [0.717, 1.165) is 12.1 Å². The summed E-state index contributed by atoms with van der Waals surface area (Å²) in [6.07, 6.45) is -4.48. The smallest absolute Gasteiger partial charge is 0.417 e. The maximum atomic E-state index is 12.8. The summed E-state index contributed by atoms with van der Waals surface area (Å²) in [5, 5.41) is 2.58. The predicted octanol–water partition coefficient (Wildman–Crippen LogP) is 4.65. The number of nitrogens with one attached hydrogen (secondary N) is 2. The third-order valence-electron chi connectivity index (χ3n) is 3.98. The van der Waals surface area contributed by atoms with Crippen molar-refractivity contribution in [3.05, 3.63) is 76.5 Å². The largest absolute Gasteiger partial charge is 0.451 e. The molecule has 4 rings (SSSR count). The van der Waals surface area contributed by atoms with Gasteiger partial charge in [0.1, 0.15) is 5.76 Å². The standard InChI is InChI=1S/C19H11F3N2O4/c20-19(21,22)11-3-1-2-10(8-11)14-6-7-16(27-14)17(25)23-12-4-5-15-13(9-12)24-18(26)28-15/h1-9H,(H,23,25)(H,24,26). The molecular formula is C19H11F3N2O4. The van der Waals surface area contributed by atoms with Gasteiger partial charge >= 0.3 is 11.9 Å². The van der Waals surface area contributed by atoms with Crippen molar-refractivity contribution < 1.29 is 26.8 Å². The number of aromatic amines is 1.